The second kappa shape index (κ2) is 9.09. The molecule has 0 bridgehead atoms. The first-order chi connectivity index (χ1) is 16.5. The predicted octanol–water partition coefficient (Wildman–Crippen LogP) is 5.69. The van der Waals surface area contributed by atoms with Gasteiger partial charge in [-0.25, -0.2) is 4.79 Å². The van der Waals surface area contributed by atoms with Crippen LogP contribution in [0.2, 0.25) is 0 Å². The number of aryl methyl sites for hydroxylation is 2. The Morgan fingerprint density at radius 2 is 1.88 bits per heavy atom. The van der Waals surface area contributed by atoms with Gasteiger partial charge in [0.15, 0.2) is 11.5 Å². The maximum absolute atomic E-state index is 13.6. The van der Waals surface area contributed by atoms with Crippen LogP contribution < -0.4 is 19.6 Å². The normalized spacial score (nSPS) is 13.0. The van der Waals surface area contributed by atoms with Crippen LogP contribution >= 0.6 is 0 Å². The maximum atomic E-state index is 13.6. The molecule has 0 spiro atoms. The fourth-order valence-electron chi connectivity index (χ4n) is 4.14. The van der Waals surface area contributed by atoms with Crippen LogP contribution in [-0.4, -0.2) is 19.2 Å². The third-order valence-corrected chi connectivity index (χ3v) is 5.73. The molecule has 0 N–H and O–H groups in total. The summed E-state index contributed by atoms with van der Waals surface area (Å²) in [6, 6.07) is 12.0. The van der Waals surface area contributed by atoms with Gasteiger partial charge < -0.3 is 23.0 Å². The van der Waals surface area contributed by atoms with Gasteiger partial charge in [-0.2, -0.15) is 0 Å². The largest absolute Gasteiger partial charge is 0.490 e. The van der Waals surface area contributed by atoms with Crippen molar-refractivity contribution in [1.29, 1.82) is 0 Å². The summed E-state index contributed by atoms with van der Waals surface area (Å²) in [6.45, 7) is 4.91. The Balaban J connectivity index is 1.60. The van der Waals surface area contributed by atoms with Gasteiger partial charge in [0, 0.05) is 12.5 Å². The zero-order valence-electron chi connectivity index (χ0n) is 19.0. The summed E-state index contributed by atoms with van der Waals surface area (Å²) in [5.41, 5.74) is 2.10. The van der Waals surface area contributed by atoms with E-state index in [9.17, 15) is 9.59 Å². The van der Waals surface area contributed by atoms with E-state index in [4.69, 9.17) is 23.0 Å². The minimum atomic E-state index is -0.607. The molecule has 2 aromatic carbocycles. The summed E-state index contributed by atoms with van der Waals surface area (Å²) in [7, 11) is 0. The summed E-state index contributed by atoms with van der Waals surface area (Å²) < 4.78 is 28.3. The van der Waals surface area contributed by atoms with Crippen LogP contribution in [0.5, 0.6) is 17.2 Å². The van der Waals surface area contributed by atoms with Crippen molar-refractivity contribution in [1.82, 2.24) is 0 Å². The first kappa shape index (κ1) is 21.8. The van der Waals surface area contributed by atoms with E-state index in [-0.39, 0.29) is 11.2 Å². The fraction of sp³-hybridized carbons (Fsp3) is 0.259. The number of benzene rings is 2. The topological polar surface area (TPSA) is 88.1 Å². The highest BCUT2D eigenvalue weighted by molar-refractivity contribution is 5.90. The number of carbonyl (C=O) groups is 1. The van der Waals surface area contributed by atoms with E-state index < -0.39 is 5.97 Å². The molecule has 0 saturated heterocycles. The van der Waals surface area contributed by atoms with E-state index in [1.807, 2.05) is 25.1 Å². The molecule has 7 nitrogen and oxygen atoms in total. The van der Waals surface area contributed by atoms with Crippen LogP contribution in [-0.2, 0) is 6.42 Å². The fourth-order valence-corrected chi connectivity index (χ4v) is 4.14. The molecule has 1 aliphatic rings. The Morgan fingerprint density at radius 3 is 2.65 bits per heavy atom. The summed E-state index contributed by atoms with van der Waals surface area (Å²) >= 11 is 0. The summed E-state index contributed by atoms with van der Waals surface area (Å²) in [6.07, 6.45) is 3.65. The van der Waals surface area contributed by atoms with Crippen LogP contribution in [0.4, 0.5) is 0 Å². The number of fused-ring (bicyclic) bond motifs is 2. The standard InChI is InChI=1S/C27H24O7/c1-3-6-17-13-19-23(15-22(17)34-27(29)21-7-4-10-31-21)33-16(2)25(26(19)28)18-8-9-20-24(14-18)32-12-5-11-30-20/h4,7-10,13-15H,3,5-6,11-12H2,1-2H3. The van der Waals surface area contributed by atoms with Gasteiger partial charge in [-0.1, -0.05) is 19.4 Å². The minimum Gasteiger partial charge on any atom is -0.490 e. The lowest BCUT2D eigenvalue weighted by Crippen LogP contribution is -2.11. The molecule has 0 saturated carbocycles. The van der Waals surface area contributed by atoms with Gasteiger partial charge in [-0.15, -0.1) is 0 Å². The molecule has 4 aromatic rings. The van der Waals surface area contributed by atoms with Gasteiger partial charge in [0.05, 0.1) is 30.4 Å². The summed E-state index contributed by atoms with van der Waals surface area (Å²) in [5.74, 6) is 1.58. The second-order valence-corrected chi connectivity index (χ2v) is 8.15. The minimum absolute atomic E-state index is 0.102. The molecule has 1 aliphatic heterocycles. The zero-order valence-corrected chi connectivity index (χ0v) is 19.0. The highest BCUT2D eigenvalue weighted by Crippen LogP contribution is 2.36. The highest BCUT2D eigenvalue weighted by Gasteiger charge is 2.20. The van der Waals surface area contributed by atoms with E-state index in [0.29, 0.717) is 64.7 Å². The quantitative estimate of drug-likeness (QED) is 0.279. The molecule has 3 heterocycles. The highest BCUT2D eigenvalue weighted by atomic mass is 16.5. The van der Waals surface area contributed by atoms with Gasteiger partial charge in [-0.3, -0.25) is 4.79 Å². The van der Waals surface area contributed by atoms with Crippen molar-refractivity contribution in [3.63, 3.8) is 0 Å². The van der Waals surface area contributed by atoms with E-state index in [1.165, 1.54) is 12.3 Å². The number of furan rings is 1. The molecule has 5 rings (SSSR count). The average Bonchev–Trinajstić information content (AvgIpc) is 3.26. The monoisotopic (exact) mass is 460 g/mol. The number of rotatable bonds is 5. The van der Waals surface area contributed by atoms with Crippen LogP contribution in [0.25, 0.3) is 22.1 Å². The Morgan fingerprint density at radius 1 is 1.06 bits per heavy atom. The predicted molar refractivity (Wildman–Crippen MR) is 126 cm³/mol. The number of hydrogen-bond donors (Lipinski definition) is 0. The number of hydrogen-bond acceptors (Lipinski definition) is 7. The summed E-state index contributed by atoms with van der Waals surface area (Å²) in [5, 5.41) is 0.425. The molecule has 0 radical (unpaired) electrons. The molecule has 0 aliphatic carbocycles. The van der Waals surface area contributed by atoms with Crippen molar-refractivity contribution in [2.75, 3.05) is 13.2 Å². The van der Waals surface area contributed by atoms with Crippen molar-refractivity contribution in [2.45, 2.75) is 33.1 Å². The van der Waals surface area contributed by atoms with Gasteiger partial charge in [-0.05, 0) is 54.8 Å². The lowest BCUT2D eigenvalue weighted by Gasteiger charge is -2.13. The second-order valence-electron chi connectivity index (χ2n) is 8.15. The lowest BCUT2D eigenvalue weighted by molar-refractivity contribution is 0.0700. The van der Waals surface area contributed by atoms with Crippen molar-refractivity contribution >= 4 is 16.9 Å². The first-order valence-electron chi connectivity index (χ1n) is 11.3. The molecule has 0 fully saturated rings. The van der Waals surface area contributed by atoms with Crippen LogP contribution in [0, 0.1) is 6.92 Å². The van der Waals surface area contributed by atoms with Gasteiger partial charge in [0.1, 0.15) is 17.1 Å². The third kappa shape index (κ3) is 4.05. The van der Waals surface area contributed by atoms with E-state index in [1.54, 1.807) is 25.1 Å². The molecule has 0 atom stereocenters. The van der Waals surface area contributed by atoms with Gasteiger partial charge >= 0.3 is 5.97 Å². The first-order valence-corrected chi connectivity index (χ1v) is 11.3. The van der Waals surface area contributed by atoms with E-state index >= 15 is 0 Å². The van der Waals surface area contributed by atoms with Crippen molar-refractivity contribution in [3.8, 4) is 28.4 Å². The van der Waals surface area contributed by atoms with E-state index in [2.05, 4.69) is 0 Å². The van der Waals surface area contributed by atoms with Crippen LogP contribution in [0.1, 0.15) is 41.6 Å². The molecular formula is C27H24O7. The van der Waals surface area contributed by atoms with Crippen LogP contribution in [0.3, 0.4) is 0 Å². The zero-order chi connectivity index (χ0) is 23.7. The van der Waals surface area contributed by atoms with Crippen molar-refractivity contribution < 1.29 is 27.8 Å². The number of ether oxygens (including phenoxy) is 3. The Hall–Kier alpha value is -4.00. The third-order valence-electron chi connectivity index (χ3n) is 5.73. The molecule has 0 unspecified atom stereocenters. The molecule has 7 heteroatoms. The molecule has 2 aromatic heterocycles. The van der Waals surface area contributed by atoms with Gasteiger partial charge in [0.2, 0.25) is 11.2 Å². The van der Waals surface area contributed by atoms with Crippen molar-refractivity contribution in [2.24, 2.45) is 0 Å². The number of carbonyl (C=O) groups excluding carboxylic acids is 1. The van der Waals surface area contributed by atoms with Crippen molar-refractivity contribution in [3.05, 3.63) is 76.0 Å². The summed E-state index contributed by atoms with van der Waals surface area (Å²) in [4.78, 5) is 26.1. The number of esters is 1. The SMILES string of the molecule is CCCc1cc2c(=O)c(-c3ccc4c(c3)OCCCO4)c(C)oc2cc1OC(=O)c1ccco1. The Labute approximate surface area is 195 Å². The Kier molecular flexibility index (Phi) is 5.84. The smallest absolute Gasteiger partial charge is 0.379 e. The average molecular weight is 460 g/mol. The van der Waals surface area contributed by atoms with Gasteiger partial charge in [0.25, 0.3) is 0 Å². The molecular weight excluding hydrogens is 436 g/mol. The van der Waals surface area contributed by atoms with E-state index in [0.717, 1.165) is 18.4 Å². The lowest BCUT2D eigenvalue weighted by atomic mass is 10.00. The maximum Gasteiger partial charge on any atom is 0.379 e. The molecule has 34 heavy (non-hydrogen) atoms. The Bertz CT molecular complexity index is 1410. The van der Waals surface area contributed by atoms with Crippen LogP contribution in [0.15, 0.2) is 62.4 Å². The molecule has 174 valence electrons. The molecule has 0 amide bonds.